The Bertz CT molecular complexity index is 1090. The summed E-state index contributed by atoms with van der Waals surface area (Å²) in [5.41, 5.74) is 3.93. The topological polar surface area (TPSA) is 59.5 Å². The third-order valence-corrected chi connectivity index (χ3v) is 5.09. The predicted molar refractivity (Wildman–Crippen MR) is 112 cm³/mol. The van der Waals surface area contributed by atoms with Crippen molar-refractivity contribution in [1.29, 1.82) is 0 Å². The van der Waals surface area contributed by atoms with E-state index in [1.54, 1.807) is 17.9 Å². The van der Waals surface area contributed by atoms with Crippen molar-refractivity contribution in [1.82, 2.24) is 9.88 Å². The third-order valence-electron chi connectivity index (χ3n) is 5.09. The molecule has 2 aromatic carbocycles. The number of benzene rings is 2. The smallest absolute Gasteiger partial charge is 0.331 e. The van der Waals surface area contributed by atoms with E-state index in [2.05, 4.69) is 11.1 Å². The molecule has 5 heteroatoms. The average molecular weight is 386 g/mol. The van der Waals surface area contributed by atoms with Crippen LogP contribution in [0.5, 0.6) is 0 Å². The SMILES string of the molecule is CC(OC(=O)/C=C/c1ccc2ccccc2n1)C(=O)N1CCc2ccccc2C1. The lowest BCUT2D eigenvalue weighted by Crippen LogP contribution is -2.42. The summed E-state index contributed by atoms with van der Waals surface area (Å²) >= 11 is 0. The molecule has 0 fully saturated rings. The van der Waals surface area contributed by atoms with Crippen LogP contribution in [0.25, 0.3) is 17.0 Å². The Morgan fingerprint density at radius 3 is 2.66 bits per heavy atom. The van der Waals surface area contributed by atoms with Gasteiger partial charge in [-0.2, -0.15) is 0 Å². The molecule has 2 heterocycles. The Hall–Kier alpha value is -3.47. The summed E-state index contributed by atoms with van der Waals surface area (Å²) in [7, 11) is 0. The molecule has 0 radical (unpaired) electrons. The first-order valence-corrected chi connectivity index (χ1v) is 9.70. The van der Waals surface area contributed by atoms with Crippen molar-refractivity contribution in [2.45, 2.75) is 26.0 Å². The molecule has 0 N–H and O–H groups in total. The fraction of sp³-hybridized carbons (Fsp3) is 0.208. The van der Waals surface area contributed by atoms with Crippen molar-refractivity contribution < 1.29 is 14.3 Å². The number of hydrogen-bond acceptors (Lipinski definition) is 4. The lowest BCUT2D eigenvalue weighted by Gasteiger charge is -2.30. The molecule has 3 aromatic rings. The van der Waals surface area contributed by atoms with Gasteiger partial charge in [-0.15, -0.1) is 0 Å². The van der Waals surface area contributed by atoms with Gasteiger partial charge in [-0.05, 0) is 42.7 Å². The van der Waals surface area contributed by atoms with Crippen molar-refractivity contribution in [3.05, 3.63) is 83.6 Å². The molecule has 0 bridgehead atoms. The lowest BCUT2D eigenvalue weighted by atomic mass is 9.99. The average Bonchev–Trinajstić information content (AvgIpc) is 2.76. The zero-order valence-corrected chi connectivity index (χ0v) is 16.2. The van der Waals surface area contributed by atoms with Crippen LogP contribution in [0.2, 0.25) is 0 Å². The molecule has 1 aliphatic rings. The third kappa shape index (κ3) is 4.35. The summed E-state index contributed by atoms with van der Waals surface area (Å²) in [5, 5.41) is 1.04. The molecule has 1 aromatic heterocycles. The molecular weight excluding hydrogens is 364 g/mol. The van der Waals surface area contributed by atoms with E-state index >= 15 is 0 Å². The highest BCUT2D eigenvalue weighted by atomic mass is 16.5. The maximum Gasteiger partial charge on any atom is 0.331 e. The van der Waals surface area contributed by atoms with E-state index in [4.69, 9.17) is 4.74 Å². The molecule has 1 unspecified atom stereocenters. The highest BCUT2D eigenvalue weighted by Gasteiger charge is 2.26. The number of hydrogen-bond donors (Lipinski definition) is 0. The maximum atomic E-state index is 12.7. The van der Waals surface area contributed by atoms with Crippen molar-refractivity contribution in [3.8, 4) is 0 Å². The number of nitrogens with zero attached hydrogens (tertiary/aromatic N) is 2. The Morgan fingerprint density at radius 2 is 1.79 bits per heavy atom. The second-order valence-electron chi connectivity index (χ2n) is 7.12. The summed E-state index contributed by atoms with van der Waals surface area (Å²) in [6.45, 7) is 2.80. The molecule has 0 aliphatic carbocycles. The van der Waals surface area contributed by atoms with Crippen LogP contribution in [0.4, 0.5) is 0 Å². The lowest BCUT2D eigenvalue weighted by molar-refractivity contribution is -0.155. The van der Waals surface area contributed by atoms with Gasteiger partial charge in [0.15, 0.2) is 6.10 Å². The minimum Gasteiger partial charge on any atom is -0.449 e. The number of pyridine rings is 1. The van der Waals surface area contributed by atoms with Gasteiger partial charge in [0.05, 0.1) is 11.2 Å². The van der Waals surface area contributed by atoms with E-state index in [1.807, 2.05) is 54.6 Å². The van der Waals surface area contributed by atoms with Crippen molar-refractivity contribution >= 4 is 28.9 Å². The highest BCUT2D eigenvalue weighted by molar-refractivity contribution is 5.90. The van der Waals surface area contributed by atoms with Crippen molar-refractivity contribution in [2.24, 2.45) is 0 Å². The standard InChI is InChI=1S/C24H22N2O3/c1-17(24(28)26-15-14-18-6-2-3-8-20(18)16-26)29-23(27)13-12-21-11-10-19-7-4-5-9-22(19)25-21/h2-13,17H,14-16H2,1H3/b13-12+. The Labute approximate surface area is 169 Å². The summed E-state index contributed by atoms with van der Waals surface area (Å²) < 4.78 is 5.32. The van der Waals surface area contributed by atoms with Crippen LogP contribution in [-0.2, 0) is 27.3 Å². The molecular formula is C24H22N2O3. The number of amides is 1. The van der Waals surface area contributed by atoms with Gasteiger partial charge >= 0.3 is 5.97 Å². The molecule has 0 spiro atoms. The molecule has 0 saturated heterocycles. The first kappa shape index (κ1) is 18.9. The van der Waals surface area contributed by atoms with Gasteiger partial charge < -0.3 is 9.64 Å². The Morgan fingerprint density at radius 1 is 1.03 bits per heavy atom. The number of aromatic nitrogens is 1. The number of carbonyl (C=O) groups is 2. The minimum absolute atomic E-state index is 0.176. The first-order chi connectivity index (χ1) is 14.1. The first-order valence-electron chi connectivity index (χ1n) is 9.70. The molecule has 0 saturated carbocycles. The van der Waals surface area contributed by atoms with E-state index in [1.165, 1.54) is 11.6 Å². The number of esters is 1. The predicted octanol–water partition coefficient (Wildman–Crippen LogP) is 3.76. The minimum atomic E-state index is -0.832. The van der Waals surface area contributed by atoms with Crippen LogP contribution in [0.1, 0.15) is 23.7 Å². The van der Waals surface area contributed by atoms with Crippen LogP contribution in [0.15, 0.2) is 66.7 Å². The van der Waals surface area contributed by atoms with E-state index in [0.29, 0.717) is 18.8 Å². The fourth-order valence-corrected chi connectivity index (χ4v) is 3.53. The normalized spacial score (nSPS) is 14.6. The Kier molecular flexibility index (Phi) is 5.38. The quantitative estimate of drug-likeness (QED) is 0.506. The molecule has 1 aliphatic heterocycles. The zero-order valence-electron chi connectivity index (χ0n) is 16.2. The molecule has 29 heavy (non-hydrogen) atoms. The summed E-state index contributed by atoms with van der Waals surface area (Å²) in [5.74, 6) is -0.733. The molecule has 4 rings (SSSR count). The van der Waals surface area contributed by atoms with Gasteiger partial charge in [0.1, 0.15) is 0 Å². The van der Waals surface area contributed by atoms with E-state index < -0.39 is 12.1 Å². The molecule has 1 amide bonds. The second kappa shape index (κ2) is 8.27. The fourth-order valence-electron chi connectivity index (χ4n) is 3.53. The van der Waals surface area contributed by atoms with Crippen LogP contribution in [0, 0.1) is 0 Å². The van der Waals surface area contributed by atoms with Gasteiger partial charge in [-0.3, -0.25) is 4.79 Å². The summed E-state index contributed by atoms with van der Waals surface area (Å²) in [6, 6.07) is 19.7. The maximum absolute atomic E-state index is 12.7. The van der Waals surface area contributed by atoms with Gasteiger partial charge in [0, 0.05) is 24.6 Å². The zero-order chi connectivity index (χ0) is 20.2. The number of ether oxygens (including phenoxy) is 1. The van der Waals surface area contributed by atoms with Gasteiger partial charge in [0.2, 0.25) is 0 Å². The monoisotopic (exact) mass is 386 g/mol. The van der Waals surface area contributed by atoms with Crippen LogP contribution in [0.3, 0.4) is 0 Å². The van der Waals surface area contributed by atoms with Gasteiger partial charge in [-0.25, -0.2) is 9.78 Å². The highest BCUT2D eigenvalue weighted by Crippen LogP contribution is 2.19. The number of para-hydroxylation sites is 1. The van der Waals surface area contributed by atoms with Crippen LogP contribution >= 0.6 is 0 Å². The number of rotatable bonds is 4. The number of carbonyl (C=O) groups excluding carboxylic acids is 2. The number of fused-ring (bicyclic) bond motifs is 2. The van der Waals surface area contributed by atoms with E-state index in [-0.39, 0.29) is 5.91 Å². The van der Waals surface area contributed by atoms with Crippen LogP contribution in [-0.4, -0.2) is 34.4 Å². The van der Waals surface area contributed by atoms with Crippen LogP contribution < -0.4 is 0 Å². The van der Waals surface area contributed by atoms with Gasteiger partial charge in [-0.1, -0.05) is 48.5 Å². The Balaban J connectivity index is 1.36. The van der Waals surface area contributed by atoms with E-state index in [0.717, 1.165) is 22.9 Å². The molecule has 146 valence electrons. The summed E-state index contributed by atoms with van der Waals surface area (Å²) in [6.07, 6.45) is 2.90. The van der Waals surface area contributed by atoms with Gasteiger partial charge in [0.25, 0.3) is 5.91 Å². The largest absolute Gasteiger partial charge is 0.449 e. The van der Waals surface area contributed by atoms with E-state index in [9.17, 15) is 9.59 Å². The van der Waals surface area contributed by atoms with Crippen molar-refractivity contribution in [2.75, 3.05) is 6.54 Å². The molecule has 5 nitrogen and oxygen atoms in total. The summed E-state index contributed by atoms with van der Waals surface area (Å²) in [4.78, 5) is 31.1. The molecule has 1 atom stereocenters. The second-order valence-corrected chi connectivity index (χ2v) is 7.12. The van der Waals surface area contributed by atoms with Crippen molar-refractivity contribution in [3.63, 3.8) is 0 Å².